The molecular formula is C35H60N6O8. The van der Waals surface area contributed by atoms with Crippen molar-refractivity contribution in [1.82, 2.24) is 31.5 Å². The fourth-order valence-electron chi connectivity index (χ4n) is 6.52. The van der Waals surface area contributed by atoms with Crippen molar-refractivity contribution >= 4 is 41.4 Å². The summed E-state index contributed by atoms with van der Waals surface area (Å²) in [4.78, 5) is 94.5. The van der Waals surface area contributed by atoms with Gasteiger partial charge in [-0.3, -0.25) is 28.8 Å². The van der Waals surface area contributed by atoms with E-state index in [0.29, 0.717) is 19.4 Å². The third kappa shape index (κ3) is 10.9. The van der Waals surface area contributed by atoms with Gasteiger partial charge < -0.3 is 36.2 Å². The van der Waals surface area contributed by atoms with Crippen molar-refractivity contribution in [1.29, 1.82) is 0 Å². The molecule has 2 fully saturated rings. The first-order valence-corrected chi connectivity index (χ1v) is 17.6. The van der Waals surface area contributed by atoms with Crippen LogP contribution in [0.1, 0.15) is 108 Å². The maximum absolute atomic E-state index is 14.5. The molecular weight excluding hydrogens is 632 g/mol. The third-order valence-electron chi connectivity index (χ3n) is 9.59. The second kappa shape index (κ2) is 17.3. The number of amides is 6. The van der Waals surface area contributed by atoms with Crippen molar-refractivity contribution in [3.63, 3.8) is 0 Å². The number of hydrogen-bond acceptors (Lipinski definition) is 8. The van der Waals surface area contributed by atoms with Crippen molar-refractivity contribution in [2.45, 2.75) is 144 Å². The van der Waals surface area contributed by atoms with Gasteiger partial charge in [0.05, 0.1) is 13.2 Å². The SMILES string of the molecule is CCCC(NC(=O)C1[C@H]2CCC[C@H]2CN1C(=O)C(NC(=O)[C@@H](NC(=O)[C@@H](C)NC(=O)OC)C(C)(C)C)C(C)(C)C)C(=O)C(=O)N[C@@H](C)CC. The molecule has 2 rings (SSSR count). The lowest BCUT2D eigenvalue weighted by Crippen LogP contribution is -2.63. The summed E-state index contributed by atoms with van der Waals surface area (Å²) in [6, 6.07) is -5.28. The molecule has 2 aliphatic rings. The van der Waals surface area contributed by atoms with Crippen LogP contribution in [0.25, 0.3) is 0 Å². The van der Waals surface area contributed by atoms with Crippen molar-refractivity contribution in [2.75, 3.05) is 13.7 Å². The van der Waals surface area contributed by atoms with Gasteiger partial charge in [0.1, 0.15) is 24.2 Å². The number of nitrogens with zero attached hydrogens (tertiary/aromatic N) is 1. The maximum Gasteiger partial charge on any atom is 0.407 e. The average Bonchev–Trinajstić information content (AvgIpc) is 3.61. The molecule has 14 nitrogen and oxygen atoms in total. The van der Waals surface area contributed by atoms with Crippen molar-refractivity contribution in [3.8, 4) is 0 Å². The molecule has 5 N–H and O–H groups in total. The normalized spacial score (nSPS) is 22.0. The van der Waals surface area contributed by atoms with Gasteiger partial charge >= 0.3 is 6.09 Å². The van der Waals surface area contributed by atoms with E-state index >= 15 is 0 Å². The van der Waals surface area contributed by atoms with E-state index < -0.39 is 82.5 Å². The molecule has 0 aromatic rings. The van der Waals surface area contributed by atoms with Gasteiger partial charge in [0.2, 0.25) is 29.4 Å². The van der Waals surface area contributed by atoms with Crippen LogP contribution in [0.2, 0.25) is 0 Å². The molecule has 1 heterocycles. The Labute approximate surface area is 291 Å². The number of carbonyl (C=O) groups is 7. The first-order chi connectivity index (χ1) is 22.7. The highest BCUT2D eigenvalue weighted by Gasteiger charge is 2.52. The van der Waals surface area contributed by atoms with Gasteiger partial charge in [0.25, 0.3) is 5.91 Å². The van der Waals surface area contributed by atoms with Crippen molar-refractivity contribution in [2.24, 2.45) is 22.7 Å². The minimum absolute atomic E-state index is 0.0791. The fourth-order valence-corrected chi connectivity index (χ4v) is 6.52. The van der Waals surface area contributed by atoms with Crippen LogP contribution in [0.3, 0.4) is 0 Å². The van der Waals surface area contributed by atoms with Crippen molar-refractivity contribution < 1.29 is 38.3 Å². The Morgan fingerprint density at radius 1 is 0.796 bits per heavy atom. The molecule has 1 aliphatic heterocycles. The largest absolute Gasteiger partial charge is 0.453 e. The predicted molar refractivity (Wildman–Crippen MR) is 184 cm³/mol. The molecule has 1 saturated heterocycles. The summed E-state index contributed by atoms with van der Waals surface area (Å²) >= 11 is 0. The van der Waals surface area contributed by atoms with Crippen LogP contribution in [-0.2, 0) is 33.5 Å². The van der Waals surface area contributed by atoms with E-state index in [0.717, 1.165) is 19.3 Å². The van der Waals surface area contributed by atoms with E-state index in [1.54, 1.807) is 48.5 Å². The molecule has 0 radical (unpaired) electrons. The Bertz CT molecular complexity index is 1240. The summed E-state index contributed by atoms with van der Waals surface area (Å²) < 4.78 is 4.57. The minimum atomic E-state index is -1.08. The number of Topliss-reactive ketones (excluding diaryl/α,β-unsaturated/α-hetero) is 1. The fraction of sp³-hybridized carbons (Fsp3) is 0.800. The topological polar surface area (TPSA) is 192 Å². The zero-order chi connectivity index (χ0) is 37.4. The van der Waals surface area contributed by atoms with E-state index in [2.05, 4.69) is 31.3 Å². The number of fused-ring (bicyclic) bond motifs is 1. The van der Waals surface area contributed by atoms with Crippen LogP contribution < -0.4 is 26.6 Å². The smallest absolute Gasteiger partial charge is 0.407 e. The summed E-state index contributed by atoms with van der Waals surface area (Å²) in [5.74, 6) is -3.66. The Hall–Kier alpha value is -3.71. The van der Waals surface area contributed by atoms with Gasteiger partial charge in [-0.1, -0.05) is 68.2 Å². The molecule has 0 aromatic heterocycles. The Morgan fingerprint density at radius 3 is 1.92 bits per heavy atom. The first-order valence-electron chi connectivity index (χ1n) is 17.6. The number of ether oxygens (including phenoxy) is 1. The average molecular weight is 693 g/mol. The van der Waals surface area contributed by atoms with Gasteiger partial charge in [-0.25, -0.2) is 4.79 Å². The lowest BCUT2D eigenvalue weighted by molar-refractivity contribution is -0.146. The monoisotopic (exact) mass is 692 g/mol. The van der Waals surface area contributed by atoms with Crippen LogP contribution in [-0.4, -0.2) is 96.2 Å². The highest BCUT2D eigenvalue weighted by Crippen LogP contribution is 2.43. The maximum atomic E-state index is 14.5. The van der Waals surface area contributed by atoms with Crippen LogP contribution in [0.5, 0.6) is 0 Å². The zero-order valence-corrected chi connectivity index (χ0v) is 31.3. The molecule has 49 heavy (non-hydrogen) atoms. The highest BCUT2D eigenvalue weighted by atomic mass is 16.5. The second-order valence-electron chi connectivity index (χ2n) is 15.8. The lowest BCUT2D eigenvalue weighted by atomic mass is 9.82. The summed E-state index contributed by atoms with van der Waals surface area (Å²) in [5, 5.41) is 13.5. The summed E-state index contributed by atoms with van der Waals surface area (Å²) in [6.45, 7) is 18.0. The lowest BCUT2D eigenvalue weighted by Gasteiger charge is -2.38. The molecule has 1 aliphatic carbocycles. The van der Waals surface area contributed by atoms with E-state index in [9.17, 15) is 33.6 Å². The van der Waals surface area contributed by atoms with E-state index in [4.69, 9.17) is 0 Å². The summed E-state index contributed by atoms with van der Waals surface area (Å²) in [6.07, 6.45) is 3.14. The molecule has 0 bridgehead atoms. The van der Waals surface area contributed by atoms with Crippen molar-refractivity contribution in [3.05, 3.63) is 0 Å². The predicted octanol–water partition coefficient (Wildman–Crippen LogP) is 2.19. The van der Waals surface area contributed by atoms with Crippen LogP contribution in [0.4, 0.5) is 4.79 Å². The number of likely N-dealkylation sites (tertiary alicyclic amines) is 1. The Kier molecular flexibility index (Phi) is 14.6. The number of ketones is 1. The molecule has 1 saturated carbocycles. The zero-order valence-electron chi connectivity index (χ0n) is 31.3. The molecule has 0 aromatic carbocycles. The standard InChI is InChI=1S/C35H60N6O8/c1-12-15-23(25(42)30(45)36-19(3)13-2)38-29(44)24-22-17-14-16-21(22)18-41(24)32(47)27(35(8,9)10)40-31(46)26(34(5,6)7)39-28(43)20(4)37-33(48)49-11/h19-24,26-27H,12-18H2,1-11H3,(H,36,45)(H,37,48)(H,38,44)(H,39,43)(H,40,46)/t19-,20+,21-,22-,23?,24?,26+,27?/m0/s1. The van der Waals surface area contributed by atoms with Gasteiger partial charge in [0.15, 0.2) is 0 Å². The number of carbonyl (C=O) groups excluding carboxylic acids is 7. The first kappa shape index (κ1) is 41.5. The number of rotatable bonds is 14. The van der Waals surface area contributed by atoms with Gasteiger partial charge in [0, 0.05) is 12.6 Å². The Morgan fingerprint density at radius 2 is 1.39 bits per heavy atom. The molecule has 8 atom stereocenters. The minimum Gasteiger partial charge on any atom is -0.453 e. The van der Waals surface area contributed by atoms with E-state index in [-0.39, 0.29) is 24.3 Å². The quantitative estimate of drug-likeness (QED) is 0.171. The number of hydrogen-bond donors (Lipinski definition) is 5. The molecule has 278 valence electrons. The van der Waals surface area contributed by atoms with Gasteiger partial charge in [-0.2, -0.15) is 0 Å². The van der Waals surface area contributed by atoms with Crippen LogP contribution in [0.15, 0.2) is 0 Å². The van der Waals surface area contributed by atoms with E-state index in [1.165, 1.54) is 18.9 Å². The third-order valence-corrected chi connectivity index (χ3v) is 9.59. The number of methoxy groups -OCH3 is 1. The summed E-state index contributed by atoms with van der Waals surface area (Å²) in [7, 11) is 1.17. The van der Waals surface area contributed by atoms with Gasteiger partial charge in [-0.05, 0) is 62.2 Å². The molecule has 0 spiro atoms. The number of alkyl carbamates (subject to hydrolysis) is 1. The van der Waals surface area contributed by atoms with Crippen LogP contribution >= 0.6 is 0 Å². The molecule has 3 unspecified atom stereocenters. The number of nitrogens with one attached hydrogen (secondary N) is 5. The Balaban J connectivity index is 2.37. The van der Waals surface area contributed by atoms with Crippen LogP contribution in [0, 0.1) is 22.7 Å². The van der Waals surface area contributed by atoms with Gasteiger partial charge in [-0.15, -0.1) is 0 Å². The second-order valence-corrected chi connectivity index (χ2v) is 15.8. The van der Waals surface area contributed by atoms with E-state index in [1.807, 2.05) is 13.8 Å². The molecule has 14 heteroatoms. The highest BCUT2D eigenvalue weighted by molar-refractivity contribution is 6.38. The summed E-state index contributed by atoms with van der Waals surface area (Å²) in [5.41, 5.74) is -1.59. The molecule has 6 amide bonds.